The Bertz CT molecular complexity index is 2520. The van der Waals surface area contributed by atoms with Crippen LogP contribution < -0.4 is 9.80 Å². The maximum Gasteiger partial charge on any atom is 0.194 e. The number of nitriles is 1. The summed E-state index contributed by atoms with van der Waals surface area (Å²) in [5, 5.41) is 10.2. The van der Waals surface area contributed by atoms with Gasteiger partial charge in [0.1, 0.15) is 0 Å². The van der Waals surface area contributed by atoms with Gasteiger partial charge in [0.05, 0.1) is 18.2 Å². The van der Waals surface area contributed by atoms with Crippen LogP contribution in [0.2, 0.25) is 0 Å². The maximum absolute atomic E-state index is 10.2. The quantitative estimate of drug-likeness (QED) is 0.102. The lowest BCUT2D eigenvalue weighted by molar-refractivity contribution is 0.590. The fourth-order valence-electron chi connectivity index (χ4n) is 7.20. The molecule has 7 aromatic carbocycles. The Balaban J connectivity index is 1.12. The summed E-state index contributed by atoms with van der Waals surface area (Å²) in [5.74, 6) is 0. The van der Waals surface area contributed by atoms with Gasteiger partial charge in [-0.25, -0.2) is 4.85 Å². The third-order valence-electron chi connectivity index (χ3n) is 10.6. The molecule has 0 bridgehead atoms. The van der Waals surface area contributed by atoms with Gasteiger partial charge in [-0.15, -0.1) is 0 Å². The number of hydrogen-bond acceptors (Lipinski definition) is 3. The van der Waals surface area contributed by atoms with Crippen molar-refractivity contribution in [2.24, 2.45) is 0 Å². The minimum atomic E-state index is 0.0233. The van der Waals surface area contributed by atoms with Gasteiger partial charge >= 0.3 is 0 Å². The molecule has 7 aromatic rings. The monoisotopic (exact) mass is 778 g/mol. The molecule has 0 aliphatic carbocycles. The molecule has 60 heavy (non-hydrogen) atoms. The van der Waals surface area contributed by atoms with Crippen molar-refractivity contribution in [3.63, 3.8) is 0 Å². The zero-order valence-corrected chi connectivity index (χ0v) is 35.3. The van der Waals surface area contributed by atoms with Crippen LogP contribution in [0.5, 0.6) is 0 Å². The predicted octanol–water partition coefficient (Wildman–Crippen LogP) is 16.0. The van der Waals surface area contributed by atoms with Crippen LogP contribution in [-0.4, -0.2) is 0 Å². The Morgan fingerprint density at radius 1 is 0.450 bits per heavy atom. The van der Waals surface area contributed by atoms with Gasteiger partial charge in [-0.2, -0.15) is 5.26 Å². The van der Waals surface area contributed by atoms with Crippen LogP contribution in [0.25, 0.3) is 29.1 Å². The van der Waals surface area contributed by atoms with E-state index in [1.165, 1.54) is 11.1 Å². The molecule has 4 nitrogen and oxygen atoms in total. The minimum absolute atomic E-state index is 0.0233. The van der Waals surface area contributed by atoms with Crippen LogP contribution in [-0.2, 0) is 10.8 Å². The number of benzene rings is 7. The summed E-state index contributed by atoms with van der Waals surface area (Å²) in [7, 11) is 0. The highest BCUT2D eigenvalue weighted by atomic mass is 15.1. The highest BCUT2D eigenvalue weighted by molar-refractivity contribution is 5.84. The van der Waals surface area contributed by atoms with Crippen molar-refractivity contribution in [1.82, 2.24) is 0 Å². The predicted molar refractivity (Wildman–Crippen MR) is 255 cm³/mol. The number of nitrogens with zero attached hydrogens (tertiary/aromatic N) is 4. The van der Waals surface area contributed by atoms with Crippen molar-refractivity contribution in [1.29, 1.82) is 5.26 Å². The summed E-state index contributed by atoms with van der Waals surface area (Å²) in [6.07, 6.45) is 7.84. The first-order valence-corrected chi connectivity index (χ1v) is 20.3. The number of para-hydroxylation sites is 2. The second-order valence-corrected chi connectivity index (χ2v) is 17.0. The Hall–Kier alpha value is -7.40. The first-order valence-electron chi connectivity index (χ1n) is 20.3. The first-order chi connectivity index (χ1) is 28.9. The number of anilines is 6. The summed E-state index contributed by atoms with van der Waals surface area (Å²) >= 11 is 0. The average molecular weight is 779 g/mol. The van der Waals surface area contributed by atoms with Gasteiger partial charge in [0.25, 0.3) is 0 Å². The van der Waals surface area contributed by atoms with Gasteiger partial charge in [0, 0.05) is 34.1 Å². The fourth-order valence-corrected chi connectivity index (χ4v) is 7.20. The molecular weight excluding hydrogens is 729 g/mol. The van der Waals surface area contributed by atoms with E-state index in [0.717, 1.165) is 45.3 Å². The van der Waals surface area contributed by atoms with Gasteiger partial charge in [-0.3, -0.25) is 0 Å². The highest BCUT2D eigenvalue weighted by Crippen LogP contribution is 2.39. The molecule has 0 saturated heterocycles. The lowest BCUT2D eigenvalue weighted by Gasteiger charge is -2.28. The molecular formula is C56H50N4. The molecule has 294 valence electrons. The Kier molecular flexibility index (Phi) is 12.0. The fraction of sp³-hybridized carbons (Fsp3) is 0.143. The molecule has 0 aromatic heterocycles. The van der Waals surface area contributed by atoms with Crippen LogP contribution in [0.1, 0.15) is 80.5 Å². The zero-order chi connectivity index (χ0) is 42.3. The Labute approximate surface area is 356 Å². The standard InChI is InChI=1S/C56H50N4/c1-55(2,3)46-16-14-22-52(38-46)59(48-18-10-8-11-19-48)50-32-26-41(27-33-50)24-30-43-37-54(58-7)44(36-45(43)40-57)31-25-42-28-34-51(35-29-42)60(49-20-12-9-13-21-49)53-23-15-17-47(39-53)56(4,5)6/h8-39H,1-6H3/b30-24+,31-25+. The van der Waals surface area contributed by atoms with Crippen LogP contribution in [0.15, 0.2) is 170 Å². The second kappa shape index (κ2) is 17.6. The van der Waals surface area contributed by atoms with Crippen molar-refractivity contribution >= 4 is 64.1 Å². The van der Waals surface area contributed by atoms with Crippen molar-refractivity contribution < 1.29 is 0 Å². The second-order valence-electron chi connectivity index (χ2n) is 17.0. The molecule has 0 fully saturated rings. The Morgan fingerprint density at radius 3 is 1.25 bits per heavy atom. The van der Waals surface area contributed by atoms with E-state index in [4.69, 9.17) is 6.57 Å². The lowest BCUT2D eigenvalue weighted by Crippen LogP contribution is -2.14. The van der Waals surface area contributed by atoms with Crippen molar-refractivity contribution in [2.75, 3.05) is 9.80 Å². The maximum atomic E-state index is 10.2. The third kappa shape index (κ3) is 9.48. The summed E-state index contributed by atoms with van der Waals surface area (Å²) < 4.78 is 0. The smallest absolute Gasteiger partial charge is 0.194 e. The molecule has 0 amide bonds. The van der Waals surface area contributed by atoms with E-state index in [9.17, 15) is 5.26 Å². The van der Waals surface area contributed by atoms with Crippen molar-refractivity contribution in [2.45, 2.75) is 52.4 Å². The molecule has 0 heterocycles. The van der Waals surface area contributed by atoms with Gasteiger partial charge < -0.3 is 9.80 Å². The summed E-state index contributed by atoms with van der Waals surface area (Å²) in [5.41, 5.74) is 13.4. The molecule has 0 aliphatic rings. The van der Waals surface area contributed by atoms with Crippen LogP contribution in [0.3, 0.4) is 0 Å². The number of hydrogen-bond donors (Lipinski definition) is 0. The molecule has 0 spiro atoms. The topological polar surface area (TPSA) is 34.6 Å². The van der Waals surface area contributed by atoms with Crippen LogP contribution in [0.4, 0.5) is 39.8 Å². The lowest BCUT2D eigenvalue weighted by atomic mass is 9.87. The van der Waals surface area contributed by atoms with E-state index < -0.39 is 0 Å². The van der Waals surface area contributed by atoms with Crippen LogP contribution in [0, 0.1) is 17.9 Å². The first kappa shape index (κ1) is 40.8. The molecule has 0 unspecified atom stereocenters. The van der Waals surface area contributed by atoms with Crippen LogP contribution >= 0.6 is 0 Å². The van der Waals surface area contributed by atoms with Crippen molar-refractivity contribution in [3.05, 3.63) is 220 Å². The van der Waals surface area contributed by atoms with E-state index >= 15 is 0 Å². The summed E-state index contributed by atoms with van der Waals surface area (Å²) in [6.45, 7) is 21.4. The van der Waals surface area contributed by atoms with E-state index in [2.05, 4.69) is 208 Å². The Morgan fingerprint density at radius 2 is 0.850 bits per heavy atom. The largest absolute Gasteiger partial charge is 0.310 e. The normalized spacial score (nSPS) is 11.7. The van der Waals surface area contributed by atoms with Crippen molar-refractivity contribution in [3.8, 4) is 6.07 Å². The summed E-state index contributed by atoms with van der Waals surface area (Å²) in [4.78, 5) is 8.39. The SMILES string of the molecule is [C-]#[N+]c1cc(/C=C/c2ccc(N(c3ccccc3)c3cccc(C(C)(C)C)c3)cc2)c(C#N)cc1/C=C/c1ccc(N(c2ccccc2)c2cccc(C(C)(C)C)c2)cc1. The molecule has 0 atom stereocenters. The summed E-state index contributed by atoms with van der Waals surface area (Å²) in [6, 6.07) is 61.1. The third-order valence-corrected chi connectivity index (χ3v) is 10.6. The van der Waals surface area contributed by atoms with Gasteiger partial charge in [-0.1, -0.05) is 151 Å². The zero-order valence-electron chi connectivity index (χ0n) is 35.3. The molecule has 0 N–H and O–H groups in total. The molecule has 4 heteroatoms. The van der Waals surface area contributed by atoms with E-state index in [0.29, 0.717) is 22.4 Å². The average Bonchev–Trinajstić information content (AvgIpc) is 3.26. The van der Waals surface area contributed by atoms with Gasteiger partial charge in [0.15, 0.2) is 5.69 Å². The molecule has 0 aliphatic heterocycles. The molecule has 0 radical (unpaired) electrons. The van der Waals surface area contributed by atoms with E-state index in [-0.39, 0.29) is 10.8 Å². The number of rotatable bonds is 10. The highest BCUT2D eigenvalue weighted by Gasteiger charge is 2.19. The van der Waals surface area contributed by atoms with E-state index in [1.807, 2.05) is 48.6 Å². The molecule has 0 saturated carbocycles. The van der Waals surface area contributed by atoms with Gasteiger partial charge in [0.2, 0.25) is 0 Å². The minimum Gasteiger partial charge on any atom is -0.310 e. The van der Waals surface area contributed by atoms with E-state index in [1.54, 1.807) is 0 Å². The molecule has 7 rings (SSSR count). The van der Waals surface area contributed by atoms with Gasteiger partial charge in [-0.05, 0) is 129 Å².